The second-order valence-corrected chi connectivity index (χ2v) is 7.77. The fourth-order valence-corrected chi connectivity index (χ4v) is 3.49. The third kappa shape index (κ3) is 5.35. The average molecular weight is 395 g/mol. The minimum absolute atomic E-state index is 0.00977. The van der Waals surface area contributed by atoms with Crippen LogP contribution in [0.15, 0.2) is 48.5 Å². The van der Waals surface area contributed by atoms with Crippen LogP contribution in [0.1, 0.15) is 21.5 Å². The van der Waals surface area contributed by atoms with Gasteiger partial charge in [0, 0.05) is 38.9 Å². The van der Waals surface area contributed by atoms with Crippen molar-refractivity contribution in [1.82, 2.24) is 14.7 Å². The molecule has 0 aromatic heterocycles. The van der Waals surface area contributed by atoms with Crippen LogP contribution in [0.4, 0.5) is 5.69 Å². The van der Waals surface area contributed by atoms with E-state index in [-0.39, 0.29) is 18.4 Å². The van der Waals surface area contributed by atoms with Crippen molar-refractivity contribution in [3.63, 3.8) is 0 Å². The van der Waals surface area contributed by atoms with Crippen molar-refractivity contribution in [3.05, 3.63) is 65.2 Å². The molecule has 1 aliphatic heterocycles. The summed E-state index contributed by atoms with van der Waals surface area (Å²) in [5.74, 6) is 0.0282. The minimum Gasteiger partial charge on any atom is -0.375 e. The Kier molecular flexibility index (Phi) is 6.88. The Morgan fingerprint density at radius 3 is 2.55 bits per heavy atom. The lowest BCUT2D eigenvalue weighted by Crippen LogP contribution is -2.40. The second kappa shape index (κ2) is 9.56. The average Bonchev–Trinajstić information content (AvgIpc) is 2.72. The summed E-state index contributed by atoms with van der Waals surface area (Å²) < 4.78 is 0. The summed E-state index contributed by atoms with van der Waals surface area (Å²) in [4.78, 5) is 31.3. The molecular formula is C23H30N4O2. The molecule has 0 radical (unpaired) electrons. The lowest BCUT2D eigenvalue weighted by Gasteiger charge is -2.28. The maximum atomic E-state index is 13.0. The van der Waals surface area contributed by atoms with E-state index >= 15 is 0 Å². The Labute approximate surface area is 173 Å². The standard InChI is InChI=1S/C23H30N4O2/c1-25(2)14-15-27(17-18-8-5-4-6-9-18)21(28)16-24-20-11-7-10-19-12-13-26(3)23(29)22(19)20/h4-11,24H,12-17H2,1-3H3. The van der Waals surface area contributed by atoms with Gasteiger partial charge in [-0.3, -0.25) is 9.59 Å². The zero-order chi connectivity index (χ0) is 20.8. The molecule has 0 spiro atoms. The number of hydrogen-bond acceptors (Lipinski definition) is 4. The molecule has 0 aliphatic carbocycles. The van der Waals surface area contributed by atoms with Crippen LogP contribution in [-0.2, 0) is 17.8 Å². The van der Waals surface area contributed by atoms with E-state index in [0.717, 1.165) is 36.3 Å². The third-order valence-electron chi connectivity index (χ3n) is 5.24. The van der Waals surface area contributed by atoms with Crippen LogP contribution in [0.5, 0.6) is 0 Å². The van der Waals surface area contributed by atoms with Crippen molar-refractivity contribution in [3.8, 4) is 0 Å². The smallest absolute Gasteiger partial charge is 0.255 e. The van der Waals surface area contributed by atoms with Crippen LogP contribution in [0.2, 0.25) is 0 Å². The summed E-state index contributed by atoms with van der Waals surface area (Å²) in [7, 11) is 5.82. The van der Waals surface area contributed by atoms with Gasteiger partial charge in [0.2, 0.25) is 5.91 Å². The largest absolute Gasteiger partial charge is 0.375 e. The number of carbonyl (C=O) groups is 2. The van der Waals surface area contributed by atoms with E-state index in [1.54, 1.807) is 4.90 Å². The first-order valence-electron chi connectivity index (χ1n) is 10.0. The quantitative estimate of drug-likeness (QED) is 0.747. The molecule has 0 saturated carbocycles. The maximum Gasteiger partial charge on any atom is 0.255 e. The van der Waals surface area contributed by atoms with Crippen molar-refractivity contribution in [2.75, 3.05) is 52.6 Å². The Balaban J connectivity index is 1.71. The molecular weight excluding hydrogens is 364 g/mol. The number of fused-ring (bicyclic) bond motifs is 1. The second-order valence-electron chi connectivity index (χ2n) is 7.77. The lowest BCUT2D eigenvalue weighted by atomic mass is 9.97. The van der Waals surface area contributed by atoms with E-state index in [1.165, 1.54) is 0 Å². The lowest BCUT2D eigenvalue weighted by molar-refractivity contribution is -0.130. The fourth-order valence-electron chi connectivity index (χ4n) is 3.49. The first kappa shape index (κ1) is 20.9. The molecule has 154 valence electrons. The molecule has 2 amide bonds. The van der Waals surface area contributed by atoms with Crippen LogP contribution in [0.3, 0.4) is 0 Å². The molecule has 2 aromatic carbocycles. The number of likely N-dealkylation sites (N-methyl/N-ethyl adjacent to an activating group) is 2. The van der Waals surface area contributed by atoms with Crippen LogP contribution >= 0.6 is 0 Å². The van der Waals surface area contributed by atoms with Gasteiger partial charge in [0.25, 0.3) is 5.91 Å². The molecule has 3 rings (SSSR count). The van der Waals surface area contributed by atoms with Gasteiger partial charge >= 0.3 is 0 Å². The summed E-state index contributed by atoms with van der Waals surface area (Å²) in [6, 6.07) is 15.8. The van der Waals surface area contributed by atoms with Gasteiger partial charge in [0.05, 0.1) is 12.1 Å². The number of amides is 2. The Morgan fingerprint density at radius 1 is 1.07 bits per heavy atom. The molecule has 6 heteroatoms. The molecule has 0 saturated heterocycles. The molecule has 6 nitrogen and oxygen atoms in total. The van der Waals surface area contributed by atoms with Gasteiger partial charge in [-0.05, 0) is 37.7 Å². The molecule has 0 atom stereocenters. The first-order valence-corrected chi connectivity index (χ1v) is 10.0. The Bertz CT molecular complexity index is 851. The van der Waals surface area contributed by atoms with Gasteiger partial charge in [-0.2, -0.15) is 0 Å². The predicted molar refractivity (Wildman–Crippen MR) is 116 cm³/mol. The van der Waals surface area contributed by atoms with Crippen molar-refractivity contribution >= 4 is 17.5 Å². The molecule has 0 fully saturated rings. The van der Waals surface area contributed by atoms with E-state index in [9.17, 15) is 9.59 Å². The van der Waals surface area contributed by atoms with Crippen molar-refractivity contribution in [1.29, 1.82) is 0 Å². The van der Waals surface area contributed by atoms with Crippen LogP contribution < -0.4 is 5.32 Å². The van der Waals surface area contributed by atoms with E-state index in [2.05, 4.69) is 10.2 Å². The number of hydrogen-bond donors (Lipinski definition) is 1. The van der Waals surface area contributed by atoms with Gasteiger partial charge < -0.3 is 20.0 Å². The zero-order valence-corrected chi connectivity index (χ0v) is 17.5. The Hall–Kier alpha value is -2.86. The number of benzene rings is 2. The highest BCUT2D eigenvalue weighted by Crippen LogP contribution is 2.25. The van der Waals surface area contributed by atoms with E-state index < -0.39 is 0 Å². The van der Waals surface area contributed by atoms with E-state index in [1.807, 2.05) is 74.6 Å². The van der Waals surface area contributed by atoms with Crippen LogP contribution in [0, 0.1) is 0 Å². The molecule has 29 heavy (non-hydrogen) atoms. The molecule has 1 N–H and O–H groups in total. The summed E-state index contributed by atoms with van der Waals surface area (Å²) >= 11 is 0. The third-order valence-corrected chi connectivity index (χ3v) is 5.24. The molecule has 1 aliphatic rings. The van der Waals surface area contributed by atoms with Crippen molar-refractivity contribution in [2.45, 2.75) is 13.0 Å². The predicted octanol–water partition coefficient (Wildman–Crippen LogP) is 2.32. The SMILES string of the molecule is CN(C)CCN(Cc1ccccc1)C(=O)CNc1cccc2c1C(=O)N(C)CC2. The fraction of sp³-hybridized carbons (Fsp3) is 0.391. The Morgan fingerprint density at radius 2 is 1.83 bits per heavy atom. The van der Waals surface area contributed by atoms with Gasteiger partial charge in [0.15, 0.2) is 0 Å². The van der Waals surface area contributed by atoms with Gasteiger partial charge in [-0.25, -0.2) is 0 Å². The first-order chi connectivity index (χ1) is 14.0. The summed E-state index contributed by atoms with van der Waals surface area (Å²) in [6.45, 7) is 2.90. The topological polar surface area (TPSA) is 55.9 Å². The van der Waals surface area contributed by atoms with E-state index in [0.29, 0.717) is 18.7 Å². The molecule has 1 heterocycles. The highest BCUT2D eigenvalue weighted by atomic mass is 16.2. The summed E-state index contributed by atoms with van der Waals surface area (Å²) in [5, 5.41) is 3.23. The van der Waals surface area contributed by atoms with E-state index in [4.69, 9.17) is 0 Å². The van der Waals surface area contributed by atoms with Crippen LogP contribution in [0.25, 0.3) is 0 Å². The zero-order valence-electron chi connectivity index (χ0n) is 17.5. The van der Waals surface area contributed by atoms with Gasteiger partial charge in [0.1, 0.15) is 0 Å². The number of rotatable bonds is 8. The monoisotopic (exact) mass is 394 g/mol. The van der Waals surface area contributed by atoms with Gasteiger partial charge in [-0.1, -0.05) is 42.5 Å². The normalized spacial score (nSPS) is 13.4. The number of nitrogens with one attached hydrogen (secondary N) is 1. The molecule has 2 aromatic rings. The van der Waals surface area contributed by atoms with Crippen LogP contribution in [-0.4, -0.2) is 73.8 Å². The summed E-state index contributed by atoms with van der Waals surface area (Å²) in [5.41, 5.74) is 3.57. The number of nitrogens with zero attached hydrogens (tertiary/aromatic N) is 3. The minimum atomic E-state index is 0.00977. The molecule has 0 unspecified atom stereocenters. The highest BCUT2D eigenvalue weighted by molar-refractivity contribution is 6.02. The summed E-state index contributed by atoms with van der Waals surface area (Å²) in [6.07, 6.45) is 0.837. The van der Waals surface area contributed by atoms with Gasteiger partial charge in [-0.15, -0.1) is 0 Å². The molecule has 0 bridgehead atoms. The van der Waals surface area contributed by atoms with Crippen molar-refractivity contribution in [2.24, 2.45) is 0 Å². The van der Waals surface area contributed by atoms with Crippen molar-refractivity contribution < 1.29 is 9.59 Å². The maximum absolute atomic E-state index is 13.0. The number of anilines is 1. The highest BCUT2D eigenvalue weighted by Gasteiger charge is 2.25. The number of carbonyl (C=O) groups excluding carboxylic acids is 2.